The van der Waals surface area contributed by atoms with Gasteiger partial charge in [0.15, 0.2) is 0 Å². The predicted molar refractivity (Wildman–Crippen MR) is 100 cm³/mol. The van der Waals surface area contributed by atoms with E-state index >= 15 is 0 Å². The first-order valence-electron chi connectivity index (χ1n) is 9.20. The van der Waals surface area contributed by atoms with E-state index in [1.54, 1.807) is 0 Å². The third-order valence-corrected chi connectivity index (χ3v) is 6.03. The predicted octanol–water partition coefficient (Wildman–Crippen LogP) is 3.52. The van der Waals surface area contributed by atoms with Gasteiger partial charge in [-0.1, -0.05) is 12.1 Å². The maximum Gasteiger partial charge on any atom is 0.148 e. The van der Waals surface area contributed by atoms with Crippen molar-refractivity contribution in [2.24, 2.45) is 5.92 Å². The lowest BCUT2D eigenvalue weighted by atomic mass is 9.79. The van der Waals surface area contributed by atoms with Gasteiger partial charge in [-0.25, -0.2) is 0 Å². The zero-order valence-corrected chi connectivity index (χ0v) is 14.4. The van der Waals surface area contributed by atoms with Crippen molar-refractivity contribution in [3.05, 3.63) is 42.6 Å². The molecule has 2 atom stereocenters. The summed E-state index contributed by atoms with van der Waals surface area (Å²) in [5.41, 5.74) is 3.16. The van der Waals surface area contributed by atoms with E-state index in [0.717, 1.165) is 28.5 Å². The molecule has 2 N–H and O–H groups in total. The number of hydrogen-bond donors (Lipinski definition) is 2. The molecule has 0 amide bonds. The lowest BCUT2D eigenvalue weighted by Gasteiger charge is -2.50. The number of nitrogens with one attached hydrogen (secondary N) is 2. The van der Waals surface area contributed by atoms with Crippen LogP contribution in [0.15, 0.2) is 42.6 Å². The summed E-state index contributed by atoms with van der Waals surface area (Å²) in [5, 5.41) is 13.8. The van der Waals surface area contributed by atoms with Crippen LogP contribution in [0.25, 0.3) is 22.2 Å². The number of nitrogens with zero attached hydrogens (tertiary/aromatic N) is 3. The number of aromatic nitrogens is 3. The lowest BCUT2D eigenvalue weighted by Crippen LogP contribution is -2.59. The minimum absolute atomic E-state index is 0.482. The normalized spacial score (nSPS) is 28.4. The van der Waals surface area contributed by atoms with Crippen LogP contribution >= 0.6 is 0 Å². The van der Waals surface area contributed by atoms with Gasteiger partial charge in [-0.15, -0.1) is 10.2 Å². The number of fused-ring (bicyclic) bond motifs is 4. The molecule has 0 aliphatic carbocycles. The van der Waals surface area contributed by atoms with Crippen molar-refractivity contribution >= 4 is 16.7 Å². The molecule has 5 heteroatoms. The first-order chi connectivity index (χ1) is 12.3. The molecule has 3 fully saturated rings. The van der Waals surface area contributed by atoms with Crippen LogP contribution in [0.3, 0.4) is 0 Å². The highest BCUT2D eigenvalue weighted by Crippen LogP contribution is 2.34. The molecule has 2 unspecified atom stereocenters. The number of piperidine rings is 3. The molecule has 0 saturated carbocycles. The van der Waals surface area contributed by atoms with Gasteiger partial charge in [-0.05, 0) is 63.0 Å². The molecular weight excluding hydrogens is 310 g/mol. The van der Waals surface area contributed by atoms with E-state index in [1.807, 2.05) is 6.20 Å². The van der Waals surface area contributed by atoms with Crippen molar-refractivity contribution in [3.63, 3.8) is 0 Å². The minimum Gasteiger partial charge on any atom is -0.364 e. The highest BCUT2D eigenvalue weighted by atomic mass is 15.2. The van der Waals surface area contributed by atoms with Gasteiger partial charge in [0.1, 0.15) is 5.82 Å². The van der Waals surface area contributed by atoms with E-state index in [2.05, 4.69) is 68.7 Å². The molecule has 128 valence electrons. The average Bonchev–Trinajstić information content (AvgIpc) is 3.14. The van der Waals surface area contributed by atoms with Crippen LogP contribution in [0.2, 0.25) is 0 Å². The fourth-order valence-corrected chi connectivity index (χ4v) is 4.58. The number of aromatic amines is 1. The summed E-state index contributed by atoms with van der Waals surface area (Å²) in [6.07, 6.45) is 4.55. The highest BCUT2D eigenvalue weighted by molar-refractivity contribution is 5.94. The molecule has 3 saturated heterocycles. The third kappa shape index (κ3) is 2.50. The zero-order chi connectivity index (χ0) is 16.8. The number of anilines is 1. The van der Waals surface area contributed by atoms with Gasteiger partial charge < -0.3 is 10.3 Å². The molecule has 5 nitrogen and oxygen atoms in total. The Morgan fingerprint density at radius 1 is 1.08 bits per heavy atom. The SMILES string of the molecule is CC1C(Nc2ccc(-c3cccc4[nH]ccc34)nn2)C2CCN1CC2. The quantitative estimate of drug-likeness (QED) is 0.770. The largest absolute Gasteiger partial charge is 0.364 e. The molecule has 0 spiro atoms. The van der Waals surface area contributed by atoms with Crippen LogP contribution < -0.4 is 5.32 Å². The summed E-state index contributed by atoms with van der Waals surface area (Å²) in [6, 6.07) is 13.5. The molecule has 2 aromatic heterocycles. The van der Waals surface area contributed by atoms with Crippen molar-refractivity contribution in [2.75, 3.05) is 18.4 Å². The van der Waals surface area contributed by atoms with Gasteiger partial charge in [0.25, 0.3) is 0 Å². The minimum atomic E-state index is 0.482. The summed E-state index contributed by atoms with van der Waals surface area (Å²) in [7, 11) is 0. The summed E-state index contributed by atoms with van der Waals surface area (Å²) >= 11 is 0. The average molecular weight is 333 g/mol. The van der Waals surface area contributed by atoms with Crippen molar-refractivity contribution in [1.29, 1.82) is 0 Å². The number of hydrogen-bond acceptors (Lipinski definition) is 4. The monoisotopic (exact) mass is 333 g/mol. The van der Waals surface area contributed by atoms with Gasteiger partial charge in [0, 0.05) is 34.7 Å². The first kappa shape index (κ1) is 14.9. The van der Waals surface area contributed by atoms with Crippen molar-refractivity contribution in [1.82, 2.24) is 20.1 Å². The Labute approximate surface area is 147 Å². The van der Waals surface area contributed by atoms with Crippen LogP contribution in [-0.4, -0.2) is 45.3 Å². The van der Waals surface area contributed by atoms with Crippen LogP contribution in [-0.2, 0) is 0 Å². The Hall–Kier alpha value is -2.40. The molecule has 3 aliphatic rings. The number of H-pyrrole nitrogens is 1. The van der Waals surface area contributed by atoms with E-state index in [0.29, 0.717) is 12.1 Å². The smallest absolute Gasteiger partial charge is 0.148 e. The summed E-state index contributed by atoms with van der Waals surface area (Å²) in [5.74, 6) is 1.64. The van der Waals surface area contributed by atoms with E-state index in [-0.39, 0.29) is 0 Å². The third-order valence-electron chi connectivity index (χ3n) is 6.03. The fraction of sp³-hybridized carbons (Fsp3) is 0.400. The second kappa shape index (κ2) is 5.85. The van der Waals surface area contributed by atoms with Crippen molar-refractivity contribution in [3.8, 4) is 11.3 Å². The Morgan fingerprint density at radius 2 is 1.96 bits per heavy atom. The van der Waals surface area contributed by atoms with E-state index < -0.39 is 0 Å². The van der Waals surface area contributed by atoms with E-state index in [9.17, 15) is 0 Å². The van der Waals surface area contributed by atoms with E-state index in [4.69, 9.17) is 0 Å². The van der Waals surface area contributed by atoms with Crippen LogP contribution in [0.4, 0.5) is 5.82 Å². The van der Waals surface area contributed by atoms with Gasteiger partial charge in [0.2, 0.25) is 0 Å². The molecule has 3 aliphatic heterocycles. The molecule has 5 heterocycles. The Morgan fingerprint density at radius 3 is 2.72 bits per heavy atom. The molecule has 1 aromatic carbocycles. The Kier molecular flexibility index (Phi) is 3.48. The number of benzene rings is 1. The van der Waals surface area contributed by atoms with Crippen LogP contribution in [0.5, 0.6) is 0 Å². The summed E-state index contributed by atoms with van der Waals surface area (Å²) < 4.78 is 0. The van der Waals surface area contributed by atoms with Gasteiger partial charge in [0.05, 0.1) is 5.69 Å². The Balaban J connectivity index is 1.40. The van der Waals surface area contributed by atoms with Crippen LogP contribution in [0.1, 0.15) is 19.8 Å². The first-order valence-corrected chi connectivity index (χ1v) is 9.20. The fourth-order valence-electron chi connectivity index (χ4n) is 4.58. The molecular formula is C20H23N5. The molecule has 0 radical (unpaired) electrons. The molecule has 3 aromatic rings. The second-order valence-corrected chi connectivity index (χ2v) is 7.33. The Bertz CT molecular complexity index is 874. The van der Waals surface area contributed by atoms with Crippen molar-refractivity contribution < 1.29 is 0 Å². The molecule has 6 rings (SSSR count). The standard InChI is InChI=1S/C20H23N5/c1-13-20(14-8-11-25(13)12-9-14)22-19-6-5-18(23-24-19)15-3-2-4-17-16(15)7-10-21-17/h2-7,10,13-14,20-21H,8-9,11-12H2,1H3,(H,22,24). The zero-order valence-electron chi connectivity index (χ0n) is 14.4. The molecule has 2 bridgehead atoms. The second-order valence-electron chi connectivity index (χ2n) is 7.33. The maximum atomic E-state index is 4.49. The summed E-state index contributed by atoms with van der Waals surface area (Å²) in [4.78, 5) is 5.84. The highest BCUT2D eigenvalue weighted by Gasteiger charge is 2.39. The van der Waals surface area contributed by atoms with Gasteiger partial charge in [-0.3, -0.25) is 4.90 Å². The topological polar surface area (TPSA) is 56.8 Å². The summed E-state index contributed by atoms with van der Waals surface area (Å²) in [6.45, 7) is 4.82. The van der Waals surface area contributed by atoms with Gasteiger partial charge >= 0.3 is 0 Å². The van der Waals surface area contributed by atoms with Crippen LogP contribution in [0, 0.1) is 5.92 Å². The maximum absolute atomic E-state index is 4.49. The van der Waals surface area contributed by atoms with E-state index in [1.165, 1.54) is 31.3 Å². The van der Waals surface area contributed by atoms with Gasteiger partial charge in [-0.2, -0.15) is 0 Å². The van der Waals surface area contributed by atoms with Crippen molar-refractivity contribution in [2.45, 2.75) is 31.8 Å². The molecule has 25 heavy (non-hydrogen) atoms. The number of rotatable bonds is 3. The lowest BCUT2D eigenvalue weighted by molar-refractivity contribution is 0.0457.